The molecule has 0 radical (unpaired) electrons. The zero-order chi connectivity index (χ0) is 16.9. The number of Topliss-reactive ketones (excluding diaryl/α,β-unsaturated/α-hetero) is 2. The number of nitrogens with two attached hydrogens (primary N) is 1. The van der Waals surface area contributed by atoms with Gasteiger partial charge in [0.1, 0.15) is 0 Å². The van der Waals surface area contributed by atoms with Crippen LogP contribution in [0.15, 0.2) is 45.7 Å². The van der Waals surface area contributed by atoms with Gasteiger partial charge in [-0.1, -0.05) is 23.3 Å². The Bertz CT molecular complexity index is 600. The Kier molecular flexibility index (Phi) is 6.50. The van der Waals surface area contributed by atoms with Gasteiger partial charge in [0.25, 0.3) is 0 Å². The van der Waals surface area contributed by atoms with Crippen LogP contribution >= 0.6 is 0 Å². The molecule has 1 aliphatic carbocycles. The highest BCUT2D eigenvalue weighted by Crippen LogP contribution is 2.25. The number of ketones is 2. The van der Waals surface area contributed by atoms with Crippen molar-refractivity contribution in [3.8, 4) is 0 Å². The summed E-state index contributed by atoms with van der Waals surface area (Å²) in [6.45, 7) is 7.25. The third-order valence-corrected chi connectivity index (χ3v) is 3.82. The highest BCUT2D eigenvalue weighted by Gasteiger charge is 2.29. The molecular weight excluding hydrogens is 278 g/mol. The molecular formula is C18H25NO3. The van der Waals surface area contributed by atoms with Crippen LogP contribution in [0.3, 0.4) is 0 Å². The normalized spacial score (nSPS) is 16.5. The summed E-state index contributed by atoms with van der Waals surface area (Å²) in [4.78, 5) is 24.3. The largest absolute Gasteiger partial charge is 0.395 e. The van der Waals surface area contributed by atoms with Gasteiger partial charge >= 0.3 is 0 Å². The maximum atomic E-state index is 12.3. The summed E-state index contributed by atoms with van der Waals surface area (Å²) in [5, 5.41) is 9.24. The van der Waals surface area contributed by atoms with Crippen molar-refractivity contribution < 1.29 is 14.7 Å². The van der Waals surface area contributed by atoms with Crippen LogP contribution in [0.5, 0.6) is 0 Å². The average Bonchev–Trinajstić information content (AvgIpc) is 2.45. The molecule has 0 aromatic carbocycles. The minimum Gasteiger partial charge on any atom is -0.395 e. The van der Waals surface area contributed by atoms with Crippen molar-refractivity contribution in [3.05, 3.63) is 45.7 Å². The molecule has 0 aromatic heterocycles. The summed E-state index contributed by atoms with van der Waals surface area (Å²) in [7, 11) is 0. The number of rotatable bonds is 6. The maximum Gasteiger partial charge on any atom is 0.205 e. The van der Waals surface area contributed by atoms with Crippen molar-refractivity contribution in [2.24, 2.45) is 5.73 Å². The van der Waals surface area contributed by atoms with Crippen molar-refractivity contribution >= 4 is 11.6 Å². The van der Waals surface area contributed by atoms with Gasteiger partial charge < -0.3 is 10.8 Å². The second-order valence-corrected chi connectivity index (χ2v) is 5.89. The first-order chi connectivity index (χ1) is 10.3. The van der Waals surface area contributed by atoms with E-state index in [9.17, 15) is 14.7 Å². The maximum absolute atomic E-state index is 12.3. The number of carbonyl (C=O) groups is 2. The van der Waals surface area contributed by atoms with Crippen LogP contribution in [0, 0.1) is 0 Å². The molecule has 0 heterocycles. The van der Waals surface area contributed by atoms with Gasteiger partial charge in [-0.2, -0.15) is 0 Å². The van der Waals surface area contributed by atoms with Gasteiger partial charge in [-0.3, -0.25) is 9.59 Å². The van der Waals surface area contributed by atoms with E-state index in [1.54, 1.807) is 6.92 Å². The molecule has 0 aliphatic heterocycles. The quantitative estimate of drug-likeness (QED) is 0.584. The molecule has 0 unspecified atom stereocenters. The van der Waals surface area contributed by atoms with Gasteiger partial charge in [0.15, 0.2) is 5.78 Å². The standard InChI is InChI=1S/C18H25NO3/c1-11(2)6-5-7-12(3)8-9-14-13(4)17(21)16(19)15(10-20)18(14)22/h6,8,20H,5,7,9-10,19H2,1-4H3/b12-8+. The van der Waals surface area contributed by atoms with Crippen LogP contribution in [-0.4, -0.2) is 23.3 Å². The average molecular weight is 303 g/mol. The zero-order valence-corrected chi connectivity index (χ0v) is 13.8. The van der Waals surface area contributed by atoms with Crippen molar-refractivity contribution in [2.75, 3.05) is 6.61 Å². The summed E-state index contributed by atoms with van der Waals surface area (Å²) >= 11 is 0. The first-order valence-corrected chi connectivity index (χ1v) is 7.47. The van der Waals surface area contributed by atoms with Crippen LogP contribution in [0.2, 0.25) is 0 Å². The van der Waals surface area contributed by atoms with Crippen LogP contribution < -0.4 is 5.73 Å². The summed E-state index contributed by atoms with van der Waals surface area (Å²) < 4.78 is 0. The number of hydrogen-bond donors (Lipinski definition) is 2. The third kappa shape index (κ3) is 4.28. The Hall–Kier alpha value is -1.94. The van der Waals surface area contributed by atoms with E-state index in [2.05, 4.69) is 19.9 Å². The lowest BCUT2D eigenvalue weighted by Crippen LogP contribution is -2.28. The van der Waals surface area contributed by atoms with Gasteiger partial charge in [-0.25, -0.2) is 0 Å². The monoisotopic (exact) mass is 303 g/mol. The van der Waals surface area contributed by atoms with E-state index < -0.39 is 6.61 Å². The topological polar surface area (TPSA) is 80.4 Å². The molecule has 0 saturated heterocycles. The van der Waals surface area contributed by atoms with Gasteiger partial charge in [0, 0.05) is 11.1 Å². The summed E-state index contributed by atoms with van der Waals surface area (Å²) in [6, 6.07) is 0. The zero-order valence-electron chi connectivity index (χ0n) is 13.8. The van der Waals surface area contributed by atoms with E-state index in [1.807, 2.05) is 13.0 Å². The number of hydrogen-bond acceptors (Lipinski definition) is 4. The summed E-state index contributed by atoms with van der Waals surface area (Å²) in [5.74, 6) is -0.667. The lowest BCUT2D eigenvalue weighted by molar-refractivity contribution is -0.117. The number of aliphatic hydroxyl groups excluding tert-OH is 1. The van der Waals surface area contributed by atoms with E-state index >= 15 is 0 Å². The van der Waals surface area contributed by atoms with E-state index in [0.717, 1.165) is 12.8 Å². The first-order valence-electron chi connectivity index (χ1n) is 7.47. The second-order valence-electron chi connectivity index (χ2n) is 5.89. The van der Waals surface area contributed by atoms with Crippen LogP contribution in [-0.2, 0) is 9.59 Å². The van der Waals surface area contributed by atoms with E-state index in [-0.39, 0.29) is 22.8 Å². The third-order valence-electron chi connectivity index (χ3n) is 3.82. The van der Waals surface area contributed by atoms with Gasteiger partial charge in [-0.15, -0.1) is 0 Å². The Morgan fingerprint density at radius 1 is 1.09 bits per heavy atom. The molecule has 3 N–H and O–H groups in total. The number of carbonyl (C=O) groups excluding carboxylic acids is 2. The van der Waals surface area contributed by atoms with Crippen LogP contribution in [0.4, 0.5) is 0 Å². The molecule has 0 aromatic rings. The molecule has 1 rings (SSSR count). The van der Waals surface area contributed by atoms with Crippen molar-refractivity contribution in [1.82, 2.24) is 0 Å². The molecule has 0 atom stereocenters. The van der Waals surface area contributed by atoms with Crippen molar-refractivity contribution in [2.45, 2.75) is 47.0 Å². The number of aliphatic hydroxyl groups is 1. The molecule has 1 aliphatic rings. The lowest BCUT2D eigenvalue weighted by atomic mass is 9.86. The predicted octanol–water partition coefficient (Wildman–Crippen LogP) is 2.74. The van der Waals surface area contributed by atoms with Crippen molar-refractivity contribution in [3.63, 3.8) is 0 Å². The van der Waals surface area contributed by atoms with E-state index in [0.29, 0.717) is 17.6 Å². The molecule has 4 nitrogen and oxygen atoms in total. The SMILES string of the molecule is CC(C)=CCC/C(C)=C/CC1=C(C)C(=O)C(N)=C(CO)C1=O. The fourth-order valence-electron chi connectivity index (χ4n) is 2.32. The molecule has 0 spiro atoms. The molecule has 4 heteroatoms. The first kappa shape index (κ1) is 18.1. The lowest BCUT2D eigenvalue weighted by Gasteiger charge is -2.18. The van der Waals surface area contributed by atoms with E-state index in [4.69, 9.17) is 5.73 Å². The highest BCUT2D eigenvalue weighted by atomic mass is 16.3. The molecule has 22 heavy (non-hydrogen) atoms. The number of allylic oxidation sites excluding steroid dienone is 6. The minimum absolute atomic E-state index is 0.0150. The molecule has 0 bridgehead atoms. The Balaban J connectivity index is 2.86. The van der Waals surface area contributed by atoms with E-state index in [1.165, 1.54) is 11.1 Å². The van der Waals surface area contributed by atoms with Gasteiger partial charge in [-0.05, 0) is 47.0 Å². The van der Waals surface area contributed by atoms with Crippen LogP contribution in [0.25, 0.3) is 0 Å². The van der Waals surface area contributed by atoms with Crippen LogP contribution in [0.1, 0.15) is 47.0 Å². The summed E-state index contributed by atoms with van der Waals surface area (Å²) in [5.41, 5.74) is 8.78. The molecule has 0 amide bonds. The molecule has 120 valence electrons. The Labute approximate surface area is 132 Å². The Morgan fingerprint density at radius 3 is 2.27 bits per heavy atom. The van der Waals surface area contributed by atoms with Gasteiger partial charge in [0.2, 0.25) is 5.78 Å². The minimum atomic E-state index is -0.504. The second kappa shape index (κ2) is 7.90. The fraction of sp³-hybridized carbons (Fsp3) is 0.444. The fourth-order valence-corrected chi connectivity index (χ4v) is 2.32. The van der Waals surface area contributed by atoms with Crippen molar-refractivity contribution in [1.29, 1.82) is 0 Å². The smallest absolute Gasteiger partial charge is 0.205 e. The Morgan fingerprint density at radius 2 is 1.73 bits per heavy atom. The highest BCUT2D eigenvalue weighted by molar-refractivity contribution is 6.24. The molecule has 0 saturated carbocycles. The van der Waals surface area contributed by atoms with Gasteiger partial charge in [0.05, 0.1) is 17.9 Å². The molecule has 0 fully saturated rings. The summed E-state index contributed by atoms with van der Waals surface area (Å²) in [6.07, 6.45) is 6.42. The predicted molar refractivity (Wildman–Crippen MR) is 88.1 cm³/mol.